The largest absolute Gasteiger partial charge is 0.469 e. The van der Waals surface area contributed by atoms with Gasteiger partial charge in [0.15, 0.2) is 0 Å². The van der Waals surface area contributed by atoms with E-state index in [1.54, 1.807) is 0 Å². The van der Waals surface area contributed by atoms with Crippen LogP contribution in [-0.2, 0) is 19.6 Å². The lowest BCUT2D eigenvalue weighted by Gasteiger charge is -2.32. The Morgan fingerprint density at radius 2 is 2.24 bits per heavy atom. The van der Waals surface area contributed by atoms with Gasteiger partial charge in [-0.2, -0.15) is 4.31 Å². The lowest BCUT2D eigenvalue weighted by atomic mass is 10.3. The van der Waals surface area contributed by atoms with E-state index < -0.39 is 10.0 Å². The Labute approximate surface area is 102 Å². The first kappa shape index (κ1) is 14.4. The number of esters is 1. The minimum Gasteiger partial charge on any atom is -0.469 e. The molecule has 1 aliphatic rings. The molecule has 1 atom stereocenters. The fourth-order valence-electron chi connectivity index (χ4n) is 1.85. The number of piperazine rings is 1. The maximum Gasteiger partial charge on any atom is 0.305 e. The van der Waals surface area contributed by atoms with Gasteiger partial charge in [-0.25, -0.2) is 8.42 Å². The number of hydrogen-bond donors (Lipinski definition) is 1. The maximum absolute atomic E-state index is 12.0. The van der Waals surface area contributed by atoms with Crippen LogP contribution in [0.5, 0.6) is 0 Å². The number of ether oxygens (including phenoxy) is 1. The standard InChI is InChI=1S/C10H20N2O4S/c1-9-8-11-5-6-12(9)17(14,15)7-3-4-10(13)16-2/h9,11H,3-8H2,1-2H3. The first-order valence-electron chi connectivity index (χ1n) is 5.74. The normalized spacial score (nSPS) is 22.4. The van der Waals surface area contributed by atoms with Crippen LogP contribution in [0.3, 0.4) is 0 Å². The number of methoxy groups -OCH3 is 1. The van der Waals surface area contributed by atoms with Crippen LogP contribution in [0.15, 0.2) is 0 Å². The number of carbonyl (C=O) groups is 1. The summed E-state index contributed by atoms with van der Waals surface area (Å²) in [5.41, 5.74) is 0. The topological polar surface area (TPSA) is 75.7 Å². The quantitative estimate of drug-likeness (QED) is 0.682. The molecule has 0 bridgehead atoms. The first-order chi connectivity index (χ1) is 7.97. The molecule has 1 rings (SSSR count). The second-order valence-corrected chi connectivity index (χ2v) is 6.20. The summed E-state index contributed by atoms with van der Waals surface area (Å²) in [7, 11) is -1.95. The fourth-order valence-corrected chi connectivity index (χ4v) is 3.59. The van der Waals surface area contributed by atoms with Gasteiger partial charge < -0.3 is 10.1 Å². The van der Waals surface area contributed by atoms with Gasteiger partial charge in [-0.3, -0.25) is 4.79 Å². The molecule has 100 valence electrons. The van der Waals surface area contributed by atoms with Crippen molar-refractivity contribution in [3.63, 3.8) is 0 Å². The molecular formula is C10H20N2O4S. The van der Waals surface area contributed by atoms with Crippen LogP contribution in [0.1, 0.15) is 19.8 Å². The number of nitrogens with one attached hydrogen (secondary N) is 1. The van der Waals surface area contributed by atoms with E-state index >= 15 is 0 Å². The van der Waals surface area contributed by atoms with E-state index in [-0.39, 0.29) is 24.2 Å². The summed E-state index contributed by atoms with van der Waals surface area (Å²) >= 11 is 0. The molecule has 7 heteroatoms. The molecule has 1 heterocycles. The summed E-state index contributed by atoms with van der Waals surface area (Å²) < 4.78 is 30.0. The molecule has 0 spiro atoms. The third kappa shape index (κ3) is 4.25. The van der Waals surface area contributed by atoms with Crippen LogP contribution in [0.25, 0.3) is 0 Å². The van der Waals surface area contributed by atoms with Crippen LogP contribution in [0.2, 0.25) is 0 Å². The second-order valence-electron chi connectivity index (χ2n) is 4.16. The number of carbonyl (C=O) groups excluding carboxylic acids is 1. The number of hydrogen-bond acceptors (Lipinski definition) is 5. The number of rotatable bonds is 5. The smallest absolute Gasteiger partial charge is 0.305 e. The average Bonchev–Trinajstić information content (AvgIpc) is 2.28. The molecule has 1 aliphatic heterocycles. The van der Waals surface area contributed by atoms with Crippen LogP contribution in [0, 0.1) is 0 Å². The Balaban J connectivity index is 2.47. The Morgan fingerprint density at radius 1 is 1.53 bits per heavy atom. The van der Waals surface area contributed by atoms with Gasteiger partial charge in [0.1, 0.15) is 0 Å². The zero-order valence-electron chi connectivity index (χ0n) is 10.3. The number of nitrogens with zero attached hydrogens (tertiary/aromatic N) is 1. The molecular weight excluding hydrogens is 244 g/mol. The van der Waals surface area contributed by atoms with Crippen LogP contribution >= 0.6 is 0 Å². The third-order valence-electron chi connectivity index (χ3n) is 2.81. The van der Waals surface area contributed by atoms with Crippen molar-refractivity contribution in [3.05, 3.63) is 0 Å². The Bertz CT molecular complexity index is 355. The average molecular weight is 264 g/mol. The Morgan fingerprint density at radius 3 is 2.82 bits per heavy atom. The van der Waals surface area contributed by atoms with Crippen molar-refractivity contribution < 1.29 is 17.9 Å². The molecule has 0 aromatic heterocycles. The highest BCUT2D eigenvalue weighted by molar-refractivity contribution is 7.89. The summed E-state index contributed by atoms with van der Waals surface area (Å²) in [5.74, 6) is -0.361. The number of sulfonamides is 1. The maximum atomic E-state index is 12.0. The summed E-state index contributed by atoms with van der Waals surface area (Å²) in [5, 5.41) is 3.14. The molecule has 0 saturated carbocycles. The van der Waals surface area contributed by atoms with Gasteiger partial charge >= 0.3 is 5.97 Å². The summed E-state index contributed by atoms with van der Waals surface area (Å²) in [4.78, 5) is 10.9. The lowest BCUT2D eigenvalue weighted by molar-refractivity contribution is -0.140. The summed E-state index contributed by atoms with van der Waals surface area (Å²) in [6.45, 7) is 3.74. The van der Waals surface area contributed by atoms with Crippen molar-refractivity contribution in [2.24, 2.45) is 0 Å². The summed E-state index contributed by atoms with van der Waals surface area (Å²) in [6.07, 6.45) is 0.460. The van der Waals surface area contributed by atoms with Crippen molar-refractivity contribution >= 4 is 16.0 Å². The first-order valence-corrected chi connectivity index (χ1v) is 7.35. The van der Waals surface area contributed by atoms with E-state index in [1.807, 2.05) is 6.92 Å². The Hall–Kier alpha value is -0.660. The van der Waals surface area contributed by atoms with Crippen LogP contribution in [0.4, 0.5) is 0 Å². The zero-order valence-corrected chi connectivity index (χ0v) is 11.1. The predicted octanol–water partition coefficient (Wildman–Crippen LogP) is -0.437. The van der Waals surface area contributed by atoms with E-state index in [1.165, 1.54) is 11.4 Å². The molecule has 0 aliphatic carbocycles. The third-order valence-corrected chi connectivity index (χ3v) is 4.87. The van der Waals surface area contributed by atoms with Gasteiger partial charge in [-0.15, -0.1) is 0 Å². The van der Waals surface area contributed by atoms with E-state index in [0.29, 0.717) is 26.1 Å². The van der Waals surface area contributed by atoms with Gasteiger partial charge in [-0.05, 0) is 13.3 Å². The highest BCUT2D eigenvalue weighted by atomic mass is 32.2. The van der Waals surface area contributed by atoms with E-state index in [9.17, 15) is 13.2 Å². The van der Waals surface area contributed by atoms with Gasteiger partial charge in [0.25, 0.3) is 0 Å². The van der Waals surface area contributed by atoms with Crippen molar-refractivity contribution in [2.45, 2.75) is 25.8 Å². The van der Waals surface area contributed by atoms with Crippen molar-refractivity contribution in [1.82, 2.24) is 9.62 Å². The highest BCUT2D eigenvalue weighted by Crippen LogP contribution is 2.11. The monoisotopic (exact) mass is 264 g/mol. The SMILES string of the molecule is COC(=O)CCCS(=O)(=O)N1CCNCC1C. The Kier molecular flexibility index (Phi) is 5.35. The van der Waals surface area contributed by atoms with Gasteiger partial charge in [0.05, 0.1) is 12.9 Å². The lowest BCUT2D eigenvalue weighted by Crippen LogP contribution is -2.52. The van der Waals surface area contributed by atoms with Gasteiger partial charge in [-0.1, -0.05) is 0 Å². The van der Waals surface area contributed by atoms with Gasteiger partial charge in [0, 0.05) is 32.1 Å². The van der Waals surface area contributed by atoms with Crippen LogP contribution < -0.4 is 5.32 Å². The fraction of sp³-hybridized carbons (Fsp3) is 0.900. The van der Waals surface area contributed by atoms with E-state index in [4.69, 9.17) is 0 Å². The van der Waals surface area contributed by atoms with Crippen molar-refractivity contribution in [2.75, 3.05) is 32.5 Å². The molecule has 17 heavy (non-hydrogen) atoms. The summed E-state index contributed by atoms with van der Waals surface area (Å²) in [6, 6.07) is -0.0214. The molecule has 0 aromatic rings. The molecule has 1 fully saturated rings. The molecule has 1 saturated heterocycles. The highest BCUT2D eigenvalue weighted by Gasteiger charge is 2.28. The molecule has 0 aromatic carbocycles. The minimum absolute atomic E-state index is 0.00639. The van der Waals surface area contributed by atoms with Crippen molar-refractivity contribution in [3.8, 4) is 0 Å². The zero-order chi connectivity index (χ0) is 12.9. The van der Waals surface area contributed by atoms with E-state index in [2.05, 4.69) is 10.1 Å². The van der Waals surface area contributed by atoms with E-state index in [0.717, 1.165) is 0 Å². The second kappa shape index (κ2) is 6.32. The molecule has 6 nitrogen and oxygen atoms in total. The molecule has 1 unspecified atom stereocenters. The van der Waals surface area contributed by atoms with Gasteiger partial charge in [0.2, 0.25) is 10.0 Å². The minimum atomic E-state index is -3.25. The molecule has 1 N–H and O–H groups in total. The molecule has 0 radical (unpaired) electrons. The van der Waals surface area contributed by atoms with Crippen LogP contribution in [-0.4, -0.2) is 57.2 Å². The van der Waals surface area contributed by atoms with Crippen molar-refractivity contribution in [1.29, 1.82) is 0 Å². The predicted molar refractivity (Wildman–Crippen MR) is 64.1 cm³/mol. The molecule has 0 amide bonds.